The zero-order chi connectivity index (χ0) is 17.1. The number of carbonyl (C=O) groups excluding carboxylic acids is 1. The Kier molecular flexibility index (Phi) is 4.04. The molecule has 0 aliphatic rings. The lowest BCUT2D eigenvalue weighted by Gasteiger charge is -2.20. The van der Waals surface area contributed by atoms with E-state index in [1.807, 2.05) is 42.5 Å². The molecule has 1 amide bonds. The molecule has 0 saturated heterocycles. The van der Waals surface area contributed by atoms with Crippen molar-refractivity contribution in [2.75, 3.05) is 0 Å². The maximum atomic E-state index is 13.0. The molecule has 0 bridgehead atoms. The number of furan rings is 2. The highest BCUT2D eigenvalue weighted by molar-refractivity contribution is 5.94. The molecule has 0 spiro atoms. The molecular weight excluding hydrogens is 316 g/mol. The molecule has 0 radical (unpaired) electrons. The van der Waals surface area contributed by atoms with E-state index in [0.29, 0.717) is 30.3 Å². The van der Waals surface area contributed by atoms with Crippen LogP contribution >= 0.6 is 0 Å². The summed E-state index contributed by atoms with van der Waals surface area (Å²) in [4.78, 5) is 19.2. The summed E-state index contributed by atoms with van der Waals surface area (Å²) in [6, 6.07) is 18.7. The zero-order valence-electron chi connectivity index (χ0n) is 13.5. The van der Waals surface area contributed by atoms with E-state index in [9.17, 15) is 4.79 Å². The Morgan fingerprint density at radius 2 is 1.52 bits per heavy atom. The second-order valence-corrected chi connectivity index (χ2v) is 5.71. The molecule has 4 aromatic rings. The van der Waals surface area contributed by atoms with Gasteiger partial charge in [0, 0.05) is 5.39 Å². The second kappa shape index (κ2) is 6.65. The molecule has 0 saturated carbocycles. The number of hydrogen-bond acceptors (Lipinski definition) is 4. The van der Waals surface area contributed by atoms with Crippen molar-refractivity contribution in [1.82, 2.24) is 9.88 Å². The minimum Gasteiger partial charge on any atom is -0.467 e. The molecule has 0 aliphatic heterocycles. The van der Waals surface area contributed by atoms with Crippen LogP contribution in [-0.2, 0) is 13.1 Å². The fraction of sp³-hybridized carbons (Fsp3) is 0.100. The number of amides is 1. The molecule has 5 nitrogen and oxygen atoms in total. The number of rotatable bonds is 5. The lowest BCUT2D eigenvalue weighted by molar-refractivity contribution is 0.0699. The van der Waals surface area contributed by atoms with Gasteiger partial charge >= 0.3 is 0 Å². The summed E-state index contributed by atoms with van der Waals surface area (Å²) < 4.78 is 10.8. The molecule has 124 valence electrons. The van der Waals surface area contributed by atoms with E-state index >= 15 is 0 Å². The van der Waals surface area contributed by atoms with Crippen molar-refractivity contribution in [2.24, 2.45) is 0 Å². The van der Waals surface area contributed by atoms with Gasteiger partial charge < -0.3 is 13.7 Å². The van der Waals surface area contributed by atoms with E-state index in [-0.39, 0.29) is 5.91 Å². The smallest absolute Gasteiger partial charge is 0.273 e. The Morgan fingerprint density at radius 3 is 2.16 bits per heavy atom. The van der Waals surface area contributed by atoms with E-state index in [1.165, 1.54) is 0 Å². The highest BCUT2D eigenvalue weighted by Crippen LogP contribution is 2.17. The molecule has 0 atom stereocenters. The van der Waals surface area contributed by atoms with E-state index < -0.39 is 0 Å². The Hall–Kier alpha value is -3.34. The number of para-hydroxylation sites is 1. The van der Waals surface area contributed by atoms with Crippen LogP contribution in [-0.4, -0.2) is 15.8 Å². The van der Waals surface area contributed by atoms with Crippen molar-refractivity contribution >= 4 is 16.8 Å². The first-order valence-electron chi connectivity index (χ1n) is 7.99. The fourth-order valence-electron chi connectivity index (χ4n) is 2.73. The standard InChI is InChI=1S/C20H16N2O3/c23-20(19-10-9-15-5-1-2-8-18(15)21-19)22(13-16-6-3-11-24-16)14-17-7-4-12-25-17/h1-12H,13-14H2. The summed E-state index contributed by atoms with van der Waals surface area (Å²) in [5.41, 5.74) is 1.20. The molecular formula is C20H16N2O3. The van der Waals surface area contributed by atoms with Gasteiger partial charge in [-0.2, -0.15) is 0 Å². The summed E-state index contributed by atoms with van der Waals surface area (Å²) in [6.07, 6.45) is 3.19. The molecule has 5 heteroatoms. The van der Waals surface area contributed by atoms with Gasteiger partial charge in [0.1, 0.15) is 17.2 Å². The molecule has 0 N–H and O–H groups in total. The maximum Gasteiger partial charge on any atom is 0.273 e. The fourth-order valence-corrected chi connectivity index (χ4v) is 2.73. The van der Waals surface area contributed by atoms with Gasteiger partial charge in [-0.3, -0.25) is 4.79 Å². The Balaban J connectivity index is 1.65. The number of pyridine rings is 1. The Morgan fingerprint density at radius 1 is 0.840 bits per heavy atom. The summed E-state index contributed by atoms with van der Waals surface area (Å²) in [5.74, 6) is 1.25. The zero-order valence-corrected chi connectivity index (χ0v) is 13.5. The average molecular weight is 332 g/mol. The topological polar surface area (TPSA) is 59.5 Å². The van der Waals surface area contributed by atoms with Crippen molar-refractivity contribution < 1.29 is 13.6 Å². The van der Waals surface area contributed by atoms with E-state index in [4.69, 9.17) is 8.83 Å². The molecule has 3 heterocycles. The summed E-state index contributed by atoms with van der Waals surface area (Å²) in [6.45, 7) is 0.697. The van der Waals surface area contributed by atoms with Crippen LogP contribution in [0.15, 0.2) is 82.0 Å². The van der Waals surface area contributed by atoms with Crippen LogP contribution < -0.4 is 0 Å². The van der Waals surface area contributed by atoms with Crippen LogP contribution in [0, 0.1) is 0 Å². The summed E-state index contributed by atoms with van der Waals surface area (Å²) in [7, 11) is 0. The van der Waals surface area contributed by atoms with Gasteiger partial charge in [-0.1, -0.05) is 24.3 Å². The number of fused-ring (bicyclic) bond motifs is 1. The molecule has 1 aromatic carbocycles. The van der Waals surface area contributed by atoms with E-state index in [2.05, 4.69) is 4.98 Å². The highest BCUT2D eigenvalue weighted by atomic mass is 16.3. The first-order chi connectivity index (χ1) is 12.3. The van der Waals surface area contributed by atoms with Gasteiger partial charge in [0.15, 0.2) is 0 Å². The van der Waals surface area contributed by atoms with Crippen molar-refractivity contribution in [1.29, 1.82) is 0 Å². The lowest BCUT2D eigenvalue weighted by atomic mass is 10.2. The van der Waals surface area contributed by atoms with Crippen molar-refractivity contribution in [3.8, 4) is 0 Å². The van der Waals surface area contributed by atoms with Crippen molar-refractivity contribution in [2.45, 2.75) is 13.1 Å². The van der Waals surface area contributed by atoms with Gasteiger partial charge in [0.25, 0.3) is 5.91 Å². The van der Waals surface area contributed by atoms with Gasteiger partial charge in [-0.25, -0.2) is 4.98 Å². The quantitative estimate of drug-likeness (QED) is 0.548. The Labute approximate surface area is 144 Å². The van der Waals surface area contributed by atoms with E-state index in [0.717, 1.165) is 10.9 Å². The minimum atomic E-state index is -0.168. The van der Waals surface area contributed by atoms with Gasteiger partial charge in [-0.15, -0.1) is 0 Å². The number of benzene rings is 1. The molecule has 0 fully saturated rings. The molecule has 25 heavy (non-hydrogen) atoms. The average Bonchev–Trinajstić information content (AvgIpc) is 3.34. The summed E-state index contributed by atoms with van der Waals surface area (Å²) in [5, 5.41) is 1.00. The summed E-state index contributed by atoms with van der Waals surface area (Å²) >= 11 is 0. The number of hydrogen-bond donors (Lipinski definition) is 0. The largest absolute Gasteiger partial charge is 0.467 e. The number of carbonyl (C=O) groups is 1. The van der Waals surface area contributed by atoms with Gasteiger partial charge in [-0.05, 0) is 36.4 Å². The predicted octanol–water partition coefficient (Wildman–Crippen LogP) is 4.26. The van der Waals surface area contributed by atoms with Crippen LogP contribution in [0.3, 0.4) is 0 Å². The highest BCUT2D eigenvalue weighted by Gasteiger charge is 2.20. The van der Waals surface area contributed by atoms with Gasteiger partial charge in [0.2, 0.25) is 0 Å². The second-order valence-electron chi connectivity index (χ2n) is 5.71. The van der Waals surface area contributed by atoms with Crippen molar-refractivity contribution in [3.05, 3.63) is 90.4 Å². The van der Waals surface area contributed by atoms with Crippen LogP contribution in [0.2, 0.25) is 0 Å². The molecule has 0 unspecified atom stereocenters. The third kappa shape index (κ3) is 3.30. The van der Waals surface area contributed by atoms with Crippen LogP contribution in [0.1, 0.15) is 22.0 Å². The third-order valence-electron chi connectivity index (χ3n) is 3.96. The maximum absolute atomic E-state index is 13.0. The van der Waals surface area contributed by atoms with Crippen LogP contribution in [0.5, 0.6) is 0 Å². The van der Waals surface area contributed by atoms with Crippen LogP contribution in [0.4, 0.5) is 0 Å². The van der Waals surface area contributed by atoms with Gasteiger partial charge in [0.05, 0.1) is 31.1 Å². The first kappa shape index (κ1) is 15.2. The normalized spacial score (nSPS) is 10.9. The minimum absolute atomic E-state index is 0.168. The molecule has 4 rings (SSSR count). The third-order valence-corrected chi connectivity index (χ3v) is 3.96. The number of aromatic nitrogens is 1. The number of nitrogens with zero attached hydrogens (tertiary/aromatic N) is 2. The SMILES string of the molecule is O=C(c1ccc2ccccc2n1)N(Cc1ccco1)Cc1ccco1. The lowest BCUT2D eigenvalue weighted by Crippen LogP contribution is -2.30. The monoisotopic (exact) mass is 332 g/mol. The predicted molar refractivity (Wildman–Crippen MR) is 92.7 cm³/mol. The molecule has 0 aliphatic carbocycles. The Bertz CT molecular complexity index is 939. The van der Waals surface area contributed by atoms with Crippen molar-refractivity contribution in [3.63, 3.8) is 0 Å². The first-order valence-corrected chi connectivity index (χ1v) is 7.99. The van der Waals surface area contributed by atoms with Crippen LogP contribution in [0.25, 0.3) is 10.9 Å². The van der Waals surface area contributed by atoms with E-state index in [1.54, 1.807) is 35.6 Å². The molecule has 3 aromatic heterocycles.